The van der Waals surface area contributed by atoms with Gasteiger partial charge in [0, 0.05) is 30.2 Å². The highest BCUT2D eigenvalue weighted by Gasteiger charge is 2.47. The fourth-order valence-electron chi connectivity index (χ4n) is 3.46. The third-order valence-corrected chi connectivity index (χ3v) is 6.25. The molecule has 2 heterocycles. The average Bonchev–Trinajstić information content (AvgIpc) is 3.12. The van der Waals surface area contributed by atoms with Crippen LogP contribution < -0.4 is 11.1 Å². The maximum Gasteiger partial charge on any atom is 0.337 e. The number of halogens is 4. The number of likely N-dealkylation sites (tertiary alicyclic amines) is 1. The van der Waals surface area contributed by atoms with E-state index in [1.807, 2.05) is 0 Å². The molecule has 0 aromatic heterocycles. The molecule has 0 saturated carbocycles. The van der Waals surface area contributed by atoms with E-state index in [-0.39, 0.29) is 31.1 Å². The van der Waals surface area contributed by atoms with E-state index < -0.39 is 36.8 Å². The minimum atomic E-state index is -3.04. The Morgan fingerprint density at radius 3 is 2.72 bits per heavy atom. The summed E-state index contributed by atoms with van der Waals surface area (Å²) >= 11 is 4.35. The number of carbonyl (C=O) groups is 2. The maximum atomic E-state index is 13.9. The van der Waals surface area contributed by atoms with Crippen LogP contribution >= 0.6 is 27.7 Å². The van der Waals surface area contributed by atoms with E-state index in [1.54, 1.807) is 31.5 Å². The lowest BCUT2D eigenvalue weighted by Crippen LogP contribution is -2.45. The zero-order valence-corrected chi connectivity index (χ0v) is 22.2. The number of esters is 1. The maximum absolute atomic E-state index is 13.9. The van der Waals surface area contributed by atoms with Gasteiger partial charge in [-0.25, -0.2) is 18.0 Å². The average molecular weight is 590 g/mol. The number of thioether (sulfide) groups is 1. The first kappa shape index (κ1) is 29.6. The van der Waals surface area contributed by atoms with Gasteiger partial charge in [0.2, 0.25) is 5.91 Å². The molecule has 196 valence electrons. The Labute approximate surface area is 220 Å². The van der Waals surface area contributed by atoms with Crippen LogP contribution in [0.1, 0.15) is 13.3 Å². The summed E-state index contributed by atoms with van der Waals surface area (Å²) in [5.74, 6) is -4.29. The van der Waals surface area contributed by atoms with Crippen molar-refractivity contribution in [1.29, 1.82) is 0 Å². The van der Waals surface area contributed by atoms with Gasteiger partial charge in [0.05, 0.1) is 31.3 Å². The number of nitrogens with one attached hydrogen (secondary N) is 1. The third-order valence-electron chi connectivity index (χ3n) is 4.99. The minimum absolute atomic E-state index is 0.00130. The van der Waals surface area contributed by atoms with Crippen molar-refractivity contribution < 1.29 is 27.5 Å². The SMILES string of the molecule is C=CSC(=NC)C1=NCC(C(=O)OCC)=C(CN2CC(F)(F)CC2C(N)=O)N1.Fc1cccc(Br)c1. The Morgan fingerprint density at radius 1 is 1.47 bits per heavy atom. The van der Waals surface area contributed by atoms with Gasteiger partial charge in [0.1, 0.15) is 10.9 Å². The Hall–Kier alpha value is -2.64. The normalized spacial score (nSPS) is 19.6. The number of rotatable bonds is 7. The number of carbonyl (C=O) groups excluding carboxylic acids is 2. The standard InChI is InChI=1S/C17H23F2N5O3S.C6H4BrF/c1-4-27-16(26)10-7-22-14(15(21-3)28-5-2)23-11(10)8-24-9-17(18,19)6-12(24)13(20)25;7-5-2-1-3-6(8)4-5/h5,12H,2,4,6-9H2,1,3H3,(H2,20,25)(H,22,23);1-4H. The molecule has 1 unspecified atom stereocenters. The van der Waals surface area contributed by atoms with Gasteiger partial charge in [-0.05, 0) is 30.5 Å². The quantitative estimate of drug-likeness (QED) is 0.286. The van der Waals surface area contributed by atoms with E-state index in [1.165, 1.54) is 28.8 Å². The number of benzene rings is 1. The number of aliphatic imine (C=N–C) groups is 2. The van der Waals surface area contributed by atoms with Gasteiger partial charge in [-0.2, -0.15) is 0 Å². The Bertz CT molecular complexity index is 1060. The second-order valence-corrected chi connectivity index (χ2v) is 9.48. The van der Waals surface area contributed by atoms with E-state index in [2.05, 4.69) is 37.8 Å². The second-order valence-electron chi connectivity index (χ2n) is 7.60. The molecule has 8 nitrogen and oxygen atoms in total. The van der Waals surface area contributed by atoms with Crippen molar-refractivity contribution in [1.82, 2.24) is 10.2 Å². The third kappa shape index (κ3) is 8.49. The van der Waals surface area contributed by atoms with E-state index in [0.717, 1.165) is 4.47 Å². The molecule has 1 aromatic carbocycles. The smallest absolute Gasteiger partial charge is 0.337 e. The van der Waals surface area contributed by atoms with Crippen molar-refractivity contribution in [2.75, 3.05) is 33.3 Å². The van der Waals surface area contributed by atoms with Crippen molar-refractivity contribution in [2.45, 2.75) is 25.3 Å². The van der Waals surface area contributed by atoms with Crippen molar-refractivity contribution in [3.63, 3.8) is 0 Å². The molecule has 1 fully saturated rings. The van der Waals surface area contributed by atoms with Crippen molar-refractivity contribution in [2.24, 2.45) is 15.7 Å². The summed E-state index contributed by atoms with van der Waals surface area (Å²) in [5, 5.41) is 5.08. The number of nitrogens with two attached hydrogens (primary N) is 1. The van der Waals surface area contributed by atoms with Gasteiger partial charge in [0.25, 0.3) is 5.92 Å². The van der Waals surface area contributed by atoms with Gasteiger partial charge < -0.3 is 15.8 Å². The monoisotopic (exact) mass is 589 g/mol. The zero-order chi connectivity index (χ0) is 26.9. The molecule has 36 heavy (non-hydrogen) atoms. The lowest BCUT2D eigenvalue weighted by atomic mass is 10.1. The Morgan fingerprint density at radius 2 is 2.19 bits per heavy atom. The highest BCUT2D eigenvalue weighted by molar-refractivity contribution is 9.10. The number of primary amides is 1. The molecular weight excluding hydrogens is 563 g/mol. The first-order chi connectivity index (χ1) is 17.0. The Balaban J connectivity index is 0.000000482. The molecule has 1 amide bonds. The van der Waals surface area contributed by atoms with Crippen LogP contribution in [0.25, 0.3) is 0 Å². The van der Waals surface area contributed by atoms with E-state index in [0.29, 0.717) is 16.6 Å². The topological polar surface area (TPSA) is 109 Å². The fourth-order valence-corrected chi connectivity index (χ4v) is 4.32. The minimum Gasteiger partial charge on any atom is -0.463 e. The molecule has 3 N–H and O–H groups in total. The summed E-state index contributed by atoms with van der Waals surface area (Å²) in [6.45, 7) is 4.71. The van der Waals surface area contributed by atoms with E-state index >= 15 is 0 Å². The van der Waals surface area contributed by atoms with Gasteiger partial charge >= 0.3 is 5.97 Å². The summed E-state index contributed by atoms with van der Waals surface area (Å²) in [6, 6.07) is 5.13. The Kier molecular flexibility index (Phi) is 11.2. The molecule has 0 spiro atoms. The van der Waals surface area contributed by atoms with E-state index in [4.69, 9.17) is 10.5 Å². The van der Waals surface area contributed by atoms with Gasteiger partial charge in [0.15, 0.2) is 5.84 Å². The van der Waals surface area contributed by atoms with Crippen molar-refractivity contribution >= 4 is 50.4 Å². The van der Waals surface area contributed by atoms with Crippen molar-refractivity contribution in [3.05, 3.63) is 57.8 Å². The summed E-state index contributed by atoms with van der Waals surface area (Å²) in [6.07, 6.45) is -0.653. The predicted molar refractivity (Wildman–Crippen MR) is 138 cm³/mol. The molecule has 0 bridgehead atoms. The van der Waals surface area contributed by atoms with Crippen LogP contribution in [0.5, 0.6) is 0 Å². The molecule has 0 radical (unpaired) electrons. The number of amides is 1. The van der Waals surface area contributed by atoms with Gasteiger partial charge in [-0.3, -0.25) is 19.7 Å². The first-order valence-electron chi connectivity index (χ1n) is 10.8. The molecule has 1 aromatic rings. The molecule has 13 heteroatoms. The first-order valence-corrected chi connectivity index (χ1v) is 12.5. The molecule has 1 saturated heterocycles. The highest BCUT2D eigenvalue weighted by atomic mass is 79.9. The molecular formula is C23H27BrF3N5O3S. The molecule has 2 aliphatic heterocycles. The lowest BCUT2D eigenvalue weighted by Gasteiger charge is -2.27. The number of nitrogens with zero attached hydrogens (tertiary/aromatic N) is 3. The predicted octanol–water partition coefficient (Wildman–Crippen LogP) is 3.49. The number of amidine groups is 1. The molecule has 2 aliphatic rings. The molecule has 0 aliphatic carbocycles. The summed E-state index contributed by atoms with van der Waals surface area (Å²) in [7, 11) is 1.57. The molecule has 1 atom stereocenters. The van der Waals surface area contributed by atoms with Gasteiger partial charge in [-0.1, -0.05) is 40.3 Å². The zero-order valence-electron chi connectivity index (χ0n) is 19.8. The van der Waals surface area contributed by atoms with Crippen LogP contribution in [-0.2, 0) is 14.3 Å². The van der Waals surface area contributed by atoms with Crippen molar-refractivity contribution in [3.8, 4) is 0 Å². The van der Waals surface area contributed by atoms with Gasteiger partial charge in [-0.15, -0.1) is 0 Å². The van der Waals surface area contributed by atoms with Crippen LogP contribution in [0.3, 0.4) is 0 Å². The van der Waals surface area contributed by atoms with Crippen LogP contribution in [0, 0.1) is 5.82 Å². The lowest BCUT2D eigenvalue weighted by molar-refractivity contribution is -0.138. The molecule has 3 rings (SSSR count). The highest BCUT2D eigenvalue weighted by Crippen LogP contribution is 2.32. The van der Waals surface area contributed by atoms with E-state index in [9.17, 15) is 22.8 Å². The van der Waals surface area contributed by atoms with Crippen LogP contribution in [-0.4, -0.2) is 72.9 Å². The summed E-state index contributed by atoms with van der Waals surface area (Å²) < 4.78 is 45.7. The second kappa shape index (κ2) is 13.6. The number of alkyl halides is 2. The van der Waals surface area contributed by atoms with Crippen LogP contribution in [0.2, 0.25) is 0 Å². The number of ether oxygens (including phenoxy) is 1. The van der Waals surface area contributed by atoms with Crippen LogP contribution in [0.4, 0.5) is 13.2 Å². The van der Waals surface area contributed by atoms with Crippen LogP contribution in [0.15, 0.2) is 62.0 Å². The summed E-state index contributed by atoms with van der Waals surface area (Å²) in [5.41, 5.74) is 5.84. The number of hydrogen-bond donors (Lipinski definition) is 2. The summed E-state index contributed by atoms with van der Waals surface area (Å²) in [4.78, 5) is 33.6. The number of hydrogen-bond acceptors (Lipinski definition) is 8. The fraction of sp³-hybridized carbons (Fsp3) is 0.391. The largest absolute Gasteiger partial charge is 0.463 e.